The molecule has 1 unspecified atom stereocenters. The second-order valence-corrected chi connectivity index (χ2v) is 9.56. The maximum Gasteiger partial charge on any atom is 0.191 e. The number of aliphatic imine (C=N–C) groups is 1. The van der Waals surface area contributed by atoms with Crippen LogP contribution in [0.3, 0.4) is 0 Å². The Hall–Kier alpha value is -0.500. The summed E-state index contributed by atoms with van der Waals surface area (Å²) >= 11 is 2.06. The van der Waals surface area contributed by atoms with Crippen LogP contribution in [0.4, 0.5) is 0 Å². The minimum atomic E-state index is 0.267. The molecule has 0 spiro atoms. The normalized spacial score (nSPS) is 22.2. The van der Waals surface area contributed by atoms with Crippen LogP contribution in [0.1, 0.15) is 46.5 Å². The average Bonchev–Trinajstić information content (AvgIpc) is 2.74. The third-order valence-corrected chi connectivity index (χ3v) is 7.70. The molecule has 0 aromatic rings. The average molecular weight is 415 g/mol. The van der Waals surface area contributed by atoms with E-state index in [4.69, 9.17) is 9.47 Å². The van der Waals surface area contributed by atoms with E-state index >= 15 is 0 Å². The van der Waals surface area contributed by atoms with Gasteiger partial charge in [0, 0.05) is 57.2 Å². The van der Waals surface area contributed by atoms with Gasteiger partial charge in [-0.25, -0.2) is 0 Å². The van der Waals surface area contributed by atoms with Gasteiger partial charge in [-0.3, -0.25) is 9.89 Å². The van der Waals surface area contributed by atoms with Gasteiger partial charge in [-0.05, 0) is 24.5 Å². The van der Waals surface area contributed by atoms with Gasteiger partial charge < -0.3 is 20.1 Å². The molecule has 0 aliphatic carbocycles. The van der Waals surface area contributed by atoms with E-state index in [1.54, 1.807) is 0 Å². The molecule has 0 aromatic carbocycles. The van der Waals surface area contributed by atoms with Gasteiger partial charge in [-0.1, -0.05) is 33.6 Å². The standard InChI is InChI=1S/C21H42N4O2S/c1-5-18(6-2)19(25-10-14-27-15-11-25)16-23-20(22-4)24-17-21(28-7-3)8-12-26-13-9-21/h18-19H,5-17H2,1-4H3,(H2,22,23,24). The highest BCUT2D eigenvalue weighted by Crippen LogP contribution is 2.34. The molecule has 2 fully saturated rings. The van der Waals surface area contributed by atoms with Gasteiger partial charge in [-0.15, -0.1) is 0 Å². The van der Waals surface area contributed by atoms with E-state index in [1.807, 2.05) is 7.05 Å². The second kappa shape index (κ2) is 12.9. The quantitative estimate of drug-likeness (QED) is 0.423. The van der Waals surface area contributed by atoms with Crippen LogP contribution in [-0.2, 0) is 9.47 Å². The predicted molar refractivity (Wildman–Crippen MR) is 121 cm³/mol. The summed E-state index contributed by atoms with van der Waals surface area (Å²) in [4.78, 5) is 7.11. The summed E-state index contributed by atoms with van der Waals surface area (Å²) < 4.78 is 11.4. The number of nitrogens with one attached hydrogen (secondary N) is 2. The fraction of sp³-hybridized carbons (Fsp3) is 0.952. The molecule has 28 heavy (non-hydrogen) atoms. The lowest BCUT2D eigenvalue weighted by Crippen LogP contribution is -2.54. The fourth-order valence-electron chi connectivity index (χ4n) is 4.42. The zero-order valence-electron chi connectivity index (χ0n) is 18.5. The molecule has 0 radical (unpaired) electrons. The molecule has 6 nitrogen and oxygen atoms in total. The summed E-state index contributed by atoms with van der Waals surface area (Å²) in [7, 11) is 1.87. The van der Waals surface area contributed by atoms with Crippen molar-refractivity contribution in [1.29, 1.82) is 0 Å². The third kappa shape index (κ3) is 7.08. The Balaban J connectivity index is 1.91. The summed E-state index contributed by atoms with van der Waals surface area (Å²) in [6.07, 6.45) is 4.64. The van der Waals surface area contributed by atoms with Crippen LogP contribution in [0.25, 0.3) is 0 Å². The van der Waals surface area contributed by atoms with Crippen LogP contribution in [0.5, 0.6) is 0 Å². The van der Waals surface area contributed by atoms with Crippen LogP contribution in [-0.4, -0.2) is 87.1 Å². The Labute approximate surface area is 176 Å². The fourth-order valence-corrected chi connectivity index (χ4v) is 5.67. The highest BCUT2D eigenvalue weighted by molar-refractivity contribution is 8.00. The van der Waals surface area contributed by atoms with Gasteiger partial charge in [-0.2, -0.15) is 11.8 Å². The number of guanidine groups is 1. The molecule has 1 atom stereocenters. The summed E-state index contributed by atoms with van der Waals surface area (Å²) in [6, 6.07) is 0.527. The largest absolute Gasteiger partial charge is 0.381 e. The first kappa shape index (κ1) is 23.8. The number of thioether (sulfide) groups is 1. The molecular weight excluding hydrogens is 372 g/mol. The van der Waals surface area contributed by atoms with Crippen LogP contribution < -0.4 is 10.6 Å². The van der Waals surface area contributed by atoms with E-state index in [0.717, 1.165) is 77.2 Å². The molecule has 2 aliphatic heterocycles. The van der Waals surface area contributed by atoms with E-state index < -0.39 is 0 Å². The molecule has 0 bridgehead atoms. The van der Waals surface area contributed by atoms with Crippen molar-refractivity contribution in [2.75, 3.05) is 65.4 Å². The maximum absolute atomic E-state index is 5.60. The van der Waals surface area contributed by atoms with E-state index in [9.17, 15) is 0 Å². The Kier molecular flexibility index (Phi) is 11.0. The minimum Gasteiger partial charge on any atom is -0.381 e. The smallest absolute Gasteiger partial charge is 0.191 e. The minimum absolute atomic E-state index is 0.267. The third-order valence-electron chi connectivity index (χ3n) is 6.24. The highest BCUT2D eigenvalue weighted by Gasteiger charge is 2.33. The second-order valence-electron chi connectivity index (χ2n) is 7.83. The first-order valence-electron chi connectivity index (χ1n) is 11.2. The molecule has 164 valence electrons. The molecule has 0 amide bonds. The van der Waals surface area contributed by atoms with Gasteiger partial charge in [0.25, 0.3) is 0 Å². The number of rotatable bonds is 10. The lowest BCUT2D eigenvalue weighted by molar-refractivity contribution is 0.00271. The van der Waals surface area contributed by atoms with Crippen LogP contribution in [0.2, 0.25) is 0 Å². The van der Waals surface area contributed by atoms with Crippen molar-refractivity contribution in [3.8, 4) is 0 Å². The molecule has 0 aromatic heterocycles. The van der Waals surface area contributed by atoms with Crippen molar-refractivity contribution in [1.82, 2.24) is 15.5 Å². The van der Waals surface area contributed by atoms with Crippen molar-refractivity contribution in [3.63, 3.8) is 0 Å². The highest BCUT2D eigenvalue weighted by atomic mass is 32.2. The van der Waals surface area contributed by atoms with Gasteiger partial charge in [0.2, 0.25) is 0 Å². The summed E-state index contributed by atoms with van der Waals surface area (Å²) in [5.41, 5.74) is 0. The molecule has 2 N–H and O–H groups in total. The molecule has 2 rings (SSSR count). The Morgan fingerprint density at radius 1 is 1.04 bits per heavy atom. The lowest BCUT2D eigenvalue weighted by Gasteiger charge is -2.39. The van der Waals surface area contributed by atoms with E-state index in [1.165, 1.54) is 12.8 Å². The molecule has 2 aliphatic rings. The number of nitrogens with zero attached hydrogens (tertiary/aromatic N) is 2. The Morgan fingerprint density at radius 2 is 1.68 bits per heavy atom. The number of morpholine rings is 1. The monoisotopic (exact) mass is 414 g/mol. The van der Waals surface area contributed by atoms with Crippen molar-refractivity contribution in [3.05, 3.63) is 0 Å². The van der Waals surface area contributed by atoms with E-state index in [0.29, 0.717) is 12.0 Å². The summed E-state index contributed by atoms with van der Waals surface area (Å²) in [6.45, 7) is 14.3. The van der Waals surface area contributed by atoms with Crippen LogP contribution in [0.15, 0.2) is 4.99 Å². The topological polar surface area (TPSA) is 58.1 Å². The lowest BCUT2D eigenvalue weighted by atomic mass is 9.92. The number of hydrogen-bond acceptors (Lipinski definition) is 5. The maximum atomic E-state index is 5.60. The Morgan fingerprint density at radius 3 is 2.25 bits per heavy atom. The van der Waals surface area contributed by atoms with E-state index in [-0.39, 0.29) is 4.75 Å². The molecular formula is C21H42N4O2S. The van der Waals surface area contributed by atoms with Crippen LogP contribution in [0, 0.1) is 5.92 Å². The van der Waals surface area contributed by atoms with Gasteiger partial charge >= 0.3 is 0 Å². The molecule has 2 heterocycles. The Bertz CT molecular complexity index is 442. The SMILES string of the molecule is CCSC1(CNC(=NC)NCC(C(CC)CC)N2CCOCC2)CCOCC1. The van der Waals surface area contributed by atoms with Gasteiger partial charge in [0.15, 0.2) is 5.96 Å². The number of ether oxygens (including phenoxy) is 2. The molecule has 7 heteroatoms. The molecule has 2 saturated heterocycles. The summed E-state index contributed by atoms with van der Waals surface area (Å²) in [5.74, 6) is 2.76. The zero-order chi connectivity index (χ0) is 20.2. The molecule has 0 saturated carbocycles. The van der Waals surface area contributed by atoms with Crippen molar-refractivity contribution < 1.29 is 9.47 Å². The number of hydrogen-bond donors (Lipinski definition) is 2. The predicted octanol–water partition coefficient (Wildman–Crippen LogP) is 2.59. The van der Waals surface area contributed by atoms with Crippen molar-refractivity contribution in [2.24, 2.45) is 10.9 Å². The van der Waals surface area contributed by atoms with E-state index in [2.05, 4.69) is 53.1 Å². The van der Waals surface area contributed by atoms with Crippen molar-refractivity contribution >= 4 is 17.7 Å². The first-order valence-corrected chi connectivity index (χ1v) is 12.1. The zero-order valence-corrected chi connectivity index (χ0v) is 19.3. The van der Waals surface area contributed by atoms with Gasteiger partial charge in [0.05, 0.1) is 13.2 Å². The van der Waals surface area contributed by atoms with Crippen LogP contribution >= 0.6 is 11.8 Å². The van der Waals surface area contributed by atoms with Gasteiger partial charge in [0.1, 0.15) is 0 Å². The first-order chi connectivity index (χ1) is 13.7. The summed E-state index contributed by atoms with van der Waals surface area (Å²) in [5, 5.41) is 7.25. The van der Waals surface area contributed by atoms with Crippen molar-refractivity contribution in [2.45, 2.75) is 57.2 Å².